The van der Waals surface area contributed by atoms with E-state index in [1.807, 2.05) is 32.0 Å². The topological polar surface area (TPSA) is 66.5 Å². The molecule has 0 atom stereocenters. The predicted octanol–water partition coefficient (Wildman–Crippen LogP) is 4.09. The third kappa shape index (κ3) is 4.19. The fraction of sp³-hybridized carbons (Fsp3) is 0.350. The number of nitrogens with one attached hydrogen (secondary N) is 1. The number of carbonyl (C=O) groups is 3. The molecule has 1 aliphatic rings. The summed E-state index contributed by atoms with van der Waals surface area (Å²) in [7, 11) is 0. The van der Waals surface area contributed by atoms with Gasteiger partial charge in [-0.15, -0.1) is 11.3 Å². The Hall–Kier alpha value is -2.47. The first-order valence-electron chi connectivity index (χ1n) is 8.74. The number of benzene rings is 1. The van der Waals surface area contributed by atoms with Crippen LogP contribution in [0.1, 0.15) is 45.8 Å². The van der Waals surface area contributed by atoms with Crippen molar-refractivity contribution in [3.63, 3.8) is 0 Å². The predicted molar refractivity (Wildman–Crippen MR) is 104 cm³/mol. The van der Waals surface area contributed by atoms with Crippen molar-refractivity contribution in [2.75, 3.05) is 16.8 Å². The van der Waals surface area contributed by atoms with Crippen molar-refractivity contribution < 1.29 is 14.4 Å². The molecule has 1 N–H and O–H groups in total. The van der Waals surface area contributed by atoms with E-state index < -0.39 is 0 Å². The standard InChI is InChI=1S/C20H22N2O3S/c1-13-11-17(14(2)26-13)18(23)8-9-19(24)21-15-5-3-6-16(12-15)22-10-4-7-20(22)25/h3,5-6,11-12H,4,7-10H2,1-2H3,(H,21,24). The second-order valence-electron chi connectivity index (χ2n) is 6.50. The highest BCUT2D eigenvalue weighted by molar-refractivity contribution is 7.12. The zero-order valence-electron chi connectivity index (χ0n) is 15.0. The number of anilines is 2. The molecule has 2 amide bonds. The summed E-state index contributed by atoms with van der Waals surface area (Å²) in [4.78, 5) is 40.2. The summed E-state index contributed by atoms with van der Waals surface area (Å²) in [6.45, 7) is 4.61. The first-order valence-corrected chi connectivity index (χ1v) is 9.56. The van der Waals surface area contributed by atoms with Gasteiger partial charge in [-0.2, -0.15) is 0 Å². The molecule has 5 nitrogen and oxygen atoms in total. The van der Waals surface area contributed by atoms with Gasteiger partial charge in [-0.05, 0) is 44.5 Å². The second kappa shape index (κ2) is 7.83. The fourth-order valence-electron chi connectivity index (χ4n) is 3.17. The van der Waals surface area contributed by atoms with Crippen LogP contribution in [0.15, 0.2) is 30.3 Å². The molecule has 0 radical (unpaired) electrons. The summed E-state index contributed by atoms with van der Waals surface area (Å²) in [5.74, 6) is -0.0910. The van der Waals surface area contributed by atoms with Gasteiger partial charge in [0.1, 0.15) is 0 Å². The highest BCUT2D eigenvalue weighted by atomic mass is 32.1. The number of hydrogen-bond donors (Lipinski definition) is 1. The minimum atomic E-state index is -0.201. The molecule has 0 unspecified atom stereocenters. The van der Waals surface area contributed by atoms with E-state index in [-0.39, 0.29) is 30.4 Å². The summed E-state index contributed by atoms with van der Waals surface area (Å²) in [6.07, 6.45) is 1.76. The SMILES string of the molecule is Cc1cc(C(=O)CCC(=O)Nc2cccc(N3CCCC3=O)c2)c(C)s1. The van der Waals surface area contributed by atoms with E-state index in [0.717, 1.165) is 27.4 Å². The Balaban J connectivity index is 1.57. The summed E-state index contributed by atoms with van der Waals surface area (Å²) >= 11 is 1.59. The summed E-state index contributed by atoms with van der Waals surface area (Å²) in [6, 6.07) is 9.16. The Morgan fingerprint density at radius 1 is 1.19 bits per heavy atom. The van der Waals surface area contributed by atoms with Gasteiger partial charge in [-0.25, -0.2) is 0 Å². The van der Waals surface area contributed by atoms with Gasteiger partial charge in [0.15, 0.2) is 5.78 Å². The molecule has 0 bridgehead atoms. The van der Waals surface area contributed by atoms with E-state index in [1.165, 1.54) is 0 Å². The molecule has 1 saturated heterocycles. The number of thiophene rings is 1. The fourth-order valence-corrected chi connectivity index (χ4v) is 4.11. The van der Waals surface area contributed by atoms with Crippen LogP contribution in [0, 0.1) is 13.8 Å². The van der Waals surface area contributed by atoms with Crippen LogP contribution in [-0.2, 0) is 9.59 Å². The Kier molecular flexibility index (Phi) is 5.52. The average Bonchev–Trinajstić information content (AvgIpc) is 3.18. The molecule has 1 aromatic carbocycles. The first-order chi connectivity index (χ1) is 12.4. The summed E-state index contributed by atoms with van der Waals surface area (Å²) in [5, 5.41) is 2.82. The quantitative estimate of drug-likeness (QED) is 0.779. The number of aryl methyl sites for hydroxylation is 2. The first kappa shape index (κ1) is 18.3. The van der Waals surface area contributed by atoms with Crippen molar-refractivity contribution in [1.29, 1.82) is 0 Å². The van der Waals surface area contributed by atoms with Crippen molar-refractivity contribution in [1.82, 2.24) is 0 Å². The molecule has 0 saturated carbocycles. The van der Waals surface area contributed by atoms with Crippen LogP contribution in [0.25, 0.3) is 0 Å². The van der Waals surface area contributed by atoms with Crippen molar-refractivity contribution >= 4 is 40.3 Å². The number of rotatable bonds is 6. The molecule has 1 aromatic heterocycles. The zero-order chi connectivity index (χ0) is 18.7. The van der Waals surface area contributed by atoms with E-state index >= 15 is 0 Å². The molecule has 0 aliphatic carbocycles. The molecule has 136 valence electrons. The molecule has 26 heavy (non-hydrogen) atoms. The Morgan fingerprint density at radius 2 is 2.00 bits per heavy atom. The number of hydrogen-bond acceptors (Lipinski definition) is 4. The van der Waals surface area contributed by atoms with Crippen LogP contribution in [0.2, 0.25) is 0 Å². The van der Waals surface area contributed by atoms with Crippen LogP contribution >= 0.6 is 11.3 Å². The van der Waals surface area contributed by atoms with E-state index in [0.29, 0.717) is 18.7 Å². The monoisotopic (exact) mass is 370 g/mol. The maximum atomic E-state index is 12.3. The zero-order valence-corrected chi connectivity index (χ0v) is 15.8. The molecule has 0 spiro atoms. The van der Waals surface area contributed by atoms with Gasteiger partial charge >= 0.3 is 0 Å². The van der Waals surface area contributed by atoms with Crippen LogP contribution in [0.4, 0.5) is 11.4 Å². The molecule has 3 rings (SSSR count). The minimum absolute atomic E-state index is 0.00147. The largest absolute Gasteiger partial charge is 0.326 e. The summed E-state index contributed by atoms with van der Waals surface area (Å²) < 4.78 is 0. The Bertz CT molecular complexity index is 856. The lowest BCUT2D eigenvalue weighted by Crippen LogP contribution is -2.23. The van der Waals surface area contributed by atoms with Crippen molar-refractivity contribution in [2.45, 2.75) is 39.5 Å². The van der Waals surface area contributed by atoms with Crippen LogP contribution < -0.4 is 10.2 Å². The van der Waals surface area contributed by atoms with Crippen molar-refractivity contribution in [3.8, 4) is 0 Å². The minimum Gasteiger partial charge on any atom is -0.326 e. The van der Waals surface area contributed by atoms with Gasteiger partial charge in [0.05, 0.1) is 0 Å². The Morgan fingerprint density at radius 3 is 2.65 bits per heavy atom. The van der Waals surface area contributed by atoms with Gasteiger partial charge in [-0.3, -0.25) is 14.4 Å². The smallest absolute Gasteiger partial charge is 0.227 e. The van der Waals surface area contributed by atoms with E-state index in [4.69, 9.17) is 0 Å². The molecular formula is C20H22N2O3S. The lowest BCUT2D eigenvalue weighted by atomic mass is 10.1. The van der Waals surface area contributed by atoms with Gasteiger partial charge in [-0.1, -0.05) is 6.07 Å². The lowest BCUT2D eigenvalue weighted by Gasteiger charge is -2.16. The van der Waals surface area contributed by atoms with Crippen LogP contribution in [0.5, 0.6) is 0 Å². The van der Waals surface area contributed by atoms with Gasteiger partial charge in [0, 0.05) is 52.5 Å². The number of nitrogens with zero attached hydrogens (tertiary/aromatic N) is 1. The van der Waals surface area contributed by atoms with E-state index in [2.05, 4.69) is 5.32 Å². The average molecular weight is 370 g/mol. The summed E-state index contributed by atoms with van der Waals surface area (Å²) in [5.41, 5.74) is 2.16. The highest BCUT2D eigenvalue weighted by Gasteiger charge is 2.22. The van der Waals surface area contributed by atoms with Gasteiger partial charge in [0.2, 0.25) is 11.8 Å². The molecule has 1 aliphatic heterocycles. The van der Waals surface area contributed by atoms with Crippen molar-refractivity contribution in [3.05, 3.63) is 45.6 Å². The lowest BCUT2D eigenvalue weighted by molar-refractivity contribution is -0.117. The van der Waals surface area contributed by atoms with Crippen LogP contribution in [0.3, 0.4) is 0 Å². The van der Waals surface area contributed by atoms with Crippen LogP contribution in [-0.4, -0.2) is 24.1 Å². The van der Waals surface area contributed by atoms with E-state index in [1.54, 1.807) is 28.4 Å². The normalized spacial score (nSPS) is 13.9. The molecule has 6 heteroatoms. The number of carbonyl (C=O) groups excluding carboxylic acids is 3. The second-order valence-corrected chi connectivity index (χ2v) is 7.96. The van der Waals surface area contributed by atoms with Crippen molar-refractivity contribution in [2.24, 2.45) is 0 Å². The molecule has 2 heterocycles. The van der Waals surface area contributed by atoms with E-state index in [9.17, 15) is 14.4 Å². The molecular weight excluding hydrogens is 348 g/mol. The third-order valence-electron chi connectivity index (χ3n) is 4.44. The number of ketones is 1. The maximum absolute atomic E-state index is 12.3. The highest BCUT2D eigenvalue weighted by Crippen LogP contribution is 2.25. The Labute approximate surface area is 157 Å². The molecule has 2 aromatic rings. The van der Waals surface area contributed by atoms with Gasteiger partial charge in [0.25, 0.3) is 0 Å². The number of amides is 2. The maximum Gasteiger partial charge on any atom is 0.227 e. The third-order valence-corrected chi connectivity index (χ3v) is 5.40. The molecule has 1 fully saturated rings. The number of Topliss-reactive ketones (excluding diaryl/α,β-unsaturated/α-hetero) is 1. The van der Waals surface area contributed by atoms with Gasteiger partial charge < -0.3 is 10.2 Å².